The predicted molar refractivity (Wildman–Crippen MR) is 95.6 cm³/mol. The monoisotopic (exact) mass is 337 g/mol. The molecular weight excluding hydrogens is 317 g/mol. The van der Waals surface area contributed by atoms with Crippen molar-refractivity contribution in [3.8, 4) is 5.75 Å². The van der Waals surface area contributed by atoms with Crippen LogP contribution in [0.2, 0.25) is 10.0 Å². The number of anilines is 1. The van der Waals surface area contributed by atoms with Crippen LogP contribution in [0.3, 0.4) is 0 Å². The molecule has 2 rings (SSSR count). The van der Waals surface area contributed by atoms with Crippen LogP contribution in [0.15, 0.2) is 42.5 Å². The molecule has 0 heterocycles. The zero-order valence-corrected chi connectivity index (χ0v) is 14.6. The number of ether oxygens (including phenoxy) is 1. The summed E-state index contributed by atoms with van der Waals surface area (Å²) in [5.74, 6) is 0.925. The van der Waals surface area contributed by atoms with Gasteiger partial charge in [-0.3, -0.25) is 0 Å². The molecule has 0 atom stereocenters. The Labute approximate surface area is 142 Å². The van der Waals surface area contributed by atoms with Crippen LogP contribution in [-0.4, -0.2) is 13.2 Å². The predicted octanol–water partition coefficient (Wildman–Crippen LogP) is 5.78. The van der Waals surface area contributed by atoms with E-state index in [2.05, 4.69) is 32.2 Å². The van der Waals surface area contributed by atoms with Gasteiger partial charge in [0.1, 0.15) is 12.4 Å². The summed E-state index contributed by atoms with van der Waals surface area (Å²) in [5, 5.41) is 4.55. The number of para-hydroxylation sites is 1. The molecule has 1 N–H and O–H groups in total. The maximum absolute atomic E-state index is 6.12. The zero-order chi connectivity index (χ0) is 16.2. The van der Waals surface area contributed by atoms with Crippen LogP contribution in [0.4, 0.5) is 5.69 Å². The summed E-state index contributed by atoms with van der Waals surface area (Å²) in [6.07, 6.45) is 0. The smallest absolute Gasteiger partial charge is 0.123 e. The summed E-state index contributed by atoms with van der Waals surface area (Å²) in [7, 11) is 0. The summed E-state index contributed by atoms with van der Waals surface area (Å²) in [6.45, 7) is 7.74. The molecular formula is C18H21Cl2NO. The van der Waals surface area contributed by atoms with Gasteiger partial charge < -0.3 is 10.1 Å². The highest BCUT2D eigenvalue weighted by molar-refractivity contribution is 6.35. The average molecular weight is 338 g/mol. The number of benzene rings is 2. The molecule has 0 fully saturated rings. The lowest BCUT2D eigenvalue weighted by Crippen LogP contribution is -2.16. The van der Waals surface area contributed by atoms with Crippen LogP contribution in [0.25, 0.3) is 0 Å². The van der Waals surface area contributed by atoms with E-state index in [0.717, 1.165) is 11.4 Å². The largest absolute Gasteiger partial charge is 0.491 e. The van der Waals surface area contributed by atoms with E-state index < -0.39 is 0 Å². The van der Waals surface area contributed by atoms with Crippen molar-refractivity contribution in [3.63, 3.8) is 0 Å². The van der Waals surface area contributed by atoms with Crippen LogP contribution >= 0.6 is 23.2 Å². The van der Waals surface area contributed by atoms with Gasteiger partial charge in [-0.1, -0.05) is 62.2 Å². The Hall–Kier alpha value is -1.38. The van der Waals surface area contributed by atoms with Crippen LogP contribution < -0.4 is 10.1 Å². The fourth-order valence-electron chi connectivity index (χ4n) is 2.19. The van der Waals surface area contributed by atoms with E-state index in [0.29, 0.717) is 23.2 Å². The Morgan fingerprint density at radius 1 is 1.05 bits per heavy atom. The van der Waals surface area contributed by atoms with Gasteiger partial charge in [-0.25, -0.2) is 0 Å². The lowest BCUT2D eigenvalue weighted by Gasteiger charge is -2.22. The van der Waals surface area contributed by atoms with Gasteiger partial charge in [0, 0.05) is 11.6 Å². The summed E-state index contributed by atoms with van der Waals surface area (Å²) in [5.41, 5.74) is 2.08. The third-order valence-corrected chi connectivity index (χ3v) is 3.86. The molecule has 0 saturated carbocycles. The van der Waals surface area contributed by atoms with Gasteiger partial charge in [-0.05, 0) is 35.2 Å². The Morgan fingerprint density at radius 2 is 1.77 bits per heavy atom. The van der Waals surface area contributed by atoms with Crippen molar-refractivity contribution < 1.29 is 4.74 Å². The minimum atomic E-state index is 0.0558. The van der Waals surface area contributed by atoms with Crippen LogP contribution in [0.5, 0.6) is 5.75 Å². The van der Waals surface area contributed by atoms with Crippen molar-refractivity contribution in [3.05, 3.63) is 58.1 Å². The highest BCUT2D eigenvalue weighted by Gasteiger charge is 2.18. The van der Waals surface area contributed by atoms with Crippen molar-refractivity contribution >= 4 is 28.9 Å². The quantitative estimate of drug-likeness (QED) is 0.698. The molecule has 118 valence electrons. The van der Waals surface area contributed by atoms with Gasteiger partial charge in [0.05, 0.1) is 10.7 Å². The van der Waals surface area contributed by atoms with Gasteiger partial charge >= 0.3 is 0 Å². The lowest BCUT2D eigenvalue weighted by atomic mass is 9.86. The molecule has 0 aliphatic carbocycles. The second-order valence-electron chi connectivity index (χ2n) is 6.15. The zero-order valence-electron chi connectivity index (χ0n) is 13.1. The first-order valence-electron chi connectivity index (χ1n) is 7.29. The fraction of sp³-hybridized carbons (Fsp3) is 0.333. The third-order valence-electron chi connectivity index (χ3n) is 3.30. The maximum Gasteiger partial charge on any atom is 0.123 e. The SMILES string of the molecule is CC(C)(C)c1ccccc1OCCNc1cc(Cl)ccc1Cl. The van der Waals surface area contributed by atoms with Crippen molar-refractivity contribution in [1.29, 1.82) is 0 Å². The molecule has 0 aliphatic rings. The minimum Gasteiger partial charge on any atom is -0.491 e. The highest BCUT2D eigenvalue weighted by Crippen LogP contribution is 2.31. The van der Waals surface area contributed by atoms with Crippen molar-refractivity contribution in [2.24, 2.45) is 0 Å². The fourth-order valence-corrected chi connectivity index (χ4v) is 2.55. The highest BCUT2D eigenvalue weighted by atomic mass is 35.5. The summed E-state index contributed by atoms with van der Waals surface area (Å²) in [6, 6.07) is 13.5. The average Bonchev–Trinajstić information content (AvgIpc) is 2.46. The maximum atomic E-state index is 6.12. The number of nitrogens with one attached hydrogen (secondary N) is 1. The van der Waals surface area contributed by atoms with E-state index >= 15 is 0 Å². The van der Waals surface area contributed by atoms with Crippen LogP contribution in [0, 0.1) is 0 Å². The first-order valence-corrected chi connectivity index (χ1v) is 8.05. The molecule has 0 aromatic heterocycles. The molecule has 22 heavy (non-hydrogen) atoms. The van der Waals surface area contributed by atoms with Gasteiger partial charge in [0.2, 0.25) is 0 Å². The van der Waals surface area contributed by atoms with Gasteiger partial charge in [0.25, 0.3) is 0 Å². The van der Waals surface area contributed by atoms with E-state index in [1.807, 2.05) is 24.3 Å². The van der Waals surface area contributed by atoms with E-state index in [1.165, 1.54) is 5.56 Å². The normalized spacial score (nSPS) is 11.3. The summed E-state index contributed by atoms with van der Waals surface area (Å²) >= 11 is 12.1. The number of rotatable bonds is 5. The summed E-state index contributed by atoms with van der Waals surface area (Å²) in [4.78, 5) is 0. The molecule has 2 nitrogen and oxygen atoms in total. The van der Waals surface area contributed by atoms with E-state index in [4.69, 9.17) is 27.9 Å². The standard InChI is InChI=1S/C18H21Cl2NO/c1-18(2,3)14-6-4-5-7-17(14)22-11-10-21-16-12-13(19)8-9-15(16)20/h4-9,12,21H,10-11H2,1-3H3. The Morgan fingerprint density at radius 3 is 2.50 bits per heavy atom. The third kappa shape index (κ3) is 4.56. The Bertz CT molecular complexity index is 635. The number of hydrogen-bond donors (Lipinski definition) is 1. The molecule has 0 spiro atoms. The molecule has 0 amide bonds. The first kappa shape index (κ1) is 17.0. The number of halogens is 2. The van der Waals surface area contributed by atoms with Crippen molar-refractivity contribution in [2.45, 2.75) is 26.2 Å². The van der Waals surface area contributed by atoms with E-state index in [-0.39, 0.29) is 5.41 Å². The molecule has 0 bridgehead atoms. The summed E-state index contributed by atoms with van der Waals surface area (Å²) < 4.78 is 5.92. The van der Waals surface area contributed by atoms with Gasteiger partial charge in [-0.15, -0.1) is 0 Å². The van der Waals surface area contributed by atoms with E-state index in [1.54, 1.807) is 12.1 Å². The lowest BCUT2D eigenvalue weighted by molar-refractivity contribution is 0.323. The Kier molecular flexibility index (Phi) is 5.60. The van der Waals surface area contributed by atoms with E-state index in [9.17, 15) is 0 Å². The molecule has 0 radical (unpaired) electrons. The van der Waals surface area contributed by atoms with Crippen molar-refractivity contribution in [1.82, 2.24) is 0 Å². The molecule has 0 unspecified atom stereocenters. The molecule has 0 aliphatic heterocycles. The second-order valence-corrected chi connectivity index (χ2v) is 6.99. The first-order chi connectivity index (χ1) is 10.4. The minimum absolute atomic E-state index is 0.0558. The molecule has 4 heteroatoms. The molecule has 2 aromatic carbocycles. The topological polar surface area (TPSA) is 21.3 Å². The van der Waals surface area contributed by atoms with Crippen LogP contribution in [-0.2, 0) is 5.41 Å². The molecule has 0 saturated heterocycles. The van der Waals surface area contributed by atoms with Crippen molar-refractivity contribution in [2.75, 3.05) is 18.5 Å². The Balaban J connectivity index is 1.94. The van der Waals surface area contributed by atoms with Gasteiger partial charge in [-0.2, -0.15) is 0 Å². The van der Waals surface area contributed by atoms with Crippen LogP contribution in [0.1, 0.15) is 26.3 Å². The molecule has 2 aromatic rings. The van der Waals surface area contributed by atoms with Gasteiger partial charge in [0.15, 0.2) is 0 Å². The number of hydrogen-bond acceptors (Lipinski definition) is 2. The second kappa shape index (κ2) is 7.26.